The molecule has 0 aliphatic carbocycles. The SMILES string of the molecule is CC(C)OCC[C@@H]1CCCCN1C[C@H]1CCCN(S(C)(=O)=O)C1. The van der Waals surface area contributed by atoms with Gasteiger partial charge in [-0.15, -0.1) is 0 Å². The van der Waals surface area contributed by atoms with E-state index in [9.17, 15) is 8.42 Å². The number of hydrogen-bond donors (Lipinski definition) is 0. The van der Waals surface area contributed by atoms with Crippen LogP contribution in [0.25, 0.3) is 0 Å². The van der Waals surface area contributed by atoms with Crippen LogP contribution in [0.5, 0.6) is 0 Å². The zero-order valence-corrected chi connectivity index (χ0v) is 15.9. The van der Waals surface area contributed by atoms with Crippen LogP contribution in [-0.2, 0) is 14.8 Å². The molecule has 0 radical (unpaired) electrons. The fourth-order valence-electron chi connectivity index (χ4n) is 3.88. The van der Waals surface area contributed by atoms with Crippen molar-refractivity contribution in [3.63, 3.8) is 0 Å². The van der Waals surface area contributed by atoms with Crippen molar-refractivity contribution in [2.75, 3.05) is 39.0 Å². The van der Waals surface area contributed by atoms with Gasteiger partial charge in [0.15, 0.2) is 0 Å². The van der Waals surface area contributed by atoms with E-state index in [4.69, 9.17) is 4.74 Å². The van der Waals surface area contributed by atoms with Gasteiger partial charge in [-0.05, 0) is 58.4 Å². The standard InChI is InChI=1S/C17H34N2O3S/c1-15(2)22-12-9-17-8-4-5-10-18(17)13-16-7-6-11-19(14-16)23(3,20)21/h15-17H,4-14H2,1-3H3/t16-,17+/m1/s1. The predicted octanol–water partition coefficient (Wildman–Crippen LogP) is 2.33. The maximum atomic E-state index is 11.8. The van der Waals surface area contributed by atoms with E-state index in [1.165, 1.54) is 25.5 Å². The van der Waals surface area contributed by atoms with Gasteiger partial charge in [-0.25, -0.2) is 12.7 Å². The van der Waals surface area contributed by atoms with Gasteiger partial charge in [-0.3, -0.25) is 4.90 Å². The topological polar surface area (TPSA) is 49.9 Å². The maximum Gasteiger partial charge on any atom is 0.211 e. The van der Waals surface area contributed by atoms with E-state index in [0.29, 0.717) is 31.2 Å². The molecule has 0 amide bonds. The summed E-state index contributed by atoms with van der Waals surface area (Å²) in [6.07, 6.45) is 8.71. The molecule has 2 aliphatic heterocycles. The third-order valence-electron chi connectivity index (χ3n) is 5.09. The first-order valence-electron chi connectivity index (χ1n) is 9.17. The van der Waals surface area contributed by atoms with Crippen LogP contribution in [0.4, 0.5) is 0 Å². The van der Waals surface area contributed by atoms with Crippen LogP contribution in [0.2, 0.25) is 0 Å². The van der Waals surface area contributed by atoms with Crippen molar-refractivity contribution < 1.29 is 13.2 Å². The molecule has 2 saturated heterocycles. The molecule has 0 aromatic carbocycles. The number of hydrogen-bond acceptors (Lipinski definition) is 4. The molecule has 0 aromatic heterocycles. The predicted molar refractivity (Wildman–Crippen MR) is 94.1 cm³/mol. The van der Waals surface area contributed by atoms with Gasteiger partial charge in [0.1, 0.15) is 0 Å². The summed E-state index contributed by atoms with van der Waals surface area (Å²) in [5.74, 6) is 0.477. The number of ether oxygens (including phenoxy) is 1. The Morgan fingerprint density at radius 2 is 1.91 bits per heavy atom. The molecule has 0 saturated carbocycles. The van der Waals surface area contributed by atoms with Crippen LogP contribution in [0.3, 0.4) is 0 Å². The molecule has 2 atom stereocenters. The van der Waals surface area contributed by atoms with Gasteiger partial charge in [0.2, 0.25) is 10.0 Å². The lowest BCUT2D eigenvalue weighted by atomic mass is 9.94. The molecule has 0 unspecified atom stereocenters. The molecular weight excluding hydrogens is 312 g/mol. The highest BCUT2D eigenvalue weighted by molar-refractivity contribution is 7.88. The molecular formula is C17H34N2O3S. The fourth-order valence-corrected chi connectivity index (χ4v) is 4.82. The zero-order chi connectivity index (χ0) is 16.9. The lowest BCUT2D eigenvalue weighted by molar-refractivity contribution is 0.0403. The van der Waals surface area contributed by atoms with Crippen LogP contribution in [0.1, 0.15) is 52.4 Å². The minimum Gasteiger partial charge on any atom is -0.379 e. The summed E-state index contributed by atoms with van der Waals surface area (Å²) >= 11 is 0. The molecule has 2 heterocycles. The molecule has 0 aromatic rings. The van der Waals surface area contributed by atoms with Crippen molar-refractivity contribution in [3.8, 4) is 0 Å². The Hall–Kier alpha value is -0.170. The largest absolute Gasteiger partial charge is 0.379 e. The van der Waals surface area contributed by atoms with E-state index >= 15 is 0 Å². The van der Waals surface area contributed by atoms with Crippen molar-refractivity contribution in [1.82, 2.24) is 9.21 Å². The van der Waals surface area contributed by atoms with Gasteiger partial charge in [0, 0.05) is 32.3 Å². The summed E-state index contributed by atoms with van der Waals surface area (Å²) in [4.78, 5) is 2.60. The molecule has 0 spiro atoms. The van der Waals surface area contributed by atoms with E-state index < -0.39 is 10.0 Å². The molecule has 2 aliphatic rings. The minimum atomic E-state index is -3.04. The van der Waals surface area contributed by atoms with Crippen molar-refractivity contribution in [3.05, 3.63) is 0 Å². The molecule has 0 bridgehead atoms. The number of piperidine rings is 2. The first-order valence-corrected chi connectivity index (χ1v) is 11.0. The lowest BCUT2D eigenvalue weighted by Gasteiger charge is -2.40. The van der Waals surface area contributed by atoms with Crippen molar-refractivity contribution in [1.29, 1.82) is 0 Å². The Morgan fingerprint density at radius 3 is 2.61 bits per heavy atom. The minimum absolute atomic E-state index is 0.300. The molecule has 5 nitrogen and oxygen atoms in total. The van der Waals surface area contributed by atoms with Gasteiger partial charge in [-0.2, -0.15) is 0 Å². The van der Waals surface area contributed by atoms with Crippen LogP contribution in [0.15, 0.2) is 0 Å². The van der Waals surface area contributed by atoms with Crippen LogP contribution in [-0.4, -0.2) is 68.8 Å². The van der Waals surface area contributed by atoms with Gasteiger partial charge in [0.25, 0.3) is 0 Å². The normalized spacial score (nSPS) is 28.3. The Bertz CT molecular complexity index is 453. The van der Waals surface area contributed by atoms with E-state index in [1.54, 1.807) is 4.31 Å². The molecule has 6 heteroatoms. The number of sulfonamides is 1. The highest BCUT2D eigenvalue weighted by Crippen LogP contribution is 2.25. The summed E-state index contributed by atoms with van der Waals surface area (Å²) in [7, 11) is -3.04. The Kier molecular flexibility index (Phi) is 7.32. The third kappa shape index (κ3) is 6.33. The van der Waals surface area contributed by atoms with Gasteiger partial charge in [-0.1, -0.05) is 6.42 Å². The molecule has 136 valence electrons. The lowest BCUT2D eigenvalue weighted by Crippen LogP contribution is -2.47. The van der Waals surface area contributed by atoms with Crippen LogP contribution >= 0.6 is 0 Å². The van der Waals surface area contributed by atoms with Crippen molar-refractivity contribution in [2.24, 2.45) is 5.92 Å². The fraction of sp³-hybridized carbons (Fsp3) is 1.00. The number of nitrogens with zero attached hydrogens (tertiary/aromatic N) is 2. The molecule has 23 heavy (non-hydrogen) atoms. The number of likely N-dealkylation sites (tertiary alicyclic amines) is 1. The summed E-state index contributed by atoms with van der Waals surface area (Å²) in [6, 6.07) is 0.608. The van der Waals surface area contributed by atoms with E-state index in [2.05, 4.69) is 18.7 Å². The Labute approximate surface area is 142 Å². The highest BCUT2D eigenvalue weighted by atomic mass is 32.2. The smallest absolute Gasteiger partial charge is 0.211 e. The third-order valence-corrected chi connectivity index (χ3v) is 6.36. The maximum absolute atomic E-state index is 11.8. The molecule has 2 fully saturated rings. The molecule has 0 N–H and O–H groups in total. The van der Waals surface area contributed by atoms with Crippen molar-refractivity contribution >= 4 is 10.0 Å². The quantitative estimate of drug-likeness (QED) is 0.710. The second-order valence-corrected chi connectivity index (χ2v) is 9.46. The van der Waals surface area contributed by atoms with Gasteiger partial charge >= 0.3 is 0 Å². The van der Waals surface area contributed by atoms with E-state index in [-0.39, 0.29) is 0 Å². The average molecular weight is 347 g/mol. The van der Waals surface area contributed by atoms with Crippen LogP contribution < -0.4 is 0 Å². The summed E-state index contributed by atoms with van der Waals surface area (Å²) in [5.41, 5.74) is 0. The van der Waals surface area contributed by atoms with Crippen molar-refractivity contribution in [2.45, 2.75) is 64.5 Å². The first kappa shape index (κ1) is 19.2. The Morgan fingerprint density at radius 1 is 1.13 bits per heavy atom. The molecule has 2 rings (SSSR count). The second-order valence-electron chi connectivity index (χ2n) is 7.48. The average Bonchev–Trinajstić information content (AvgIpc) is 2.48. The van der Waals surface area contributed by atoms with E-state index in [1.807, 2.05) is 0 Å². The van der Waals surface area contributed by atoms with Gasteiger partial charge in [0.05, 0.1) is 12.4 Å². The summed E-state index contributed by atoms with van der Waals surface area (Å²) < 4.78 is 31.0. The number of rotatable bonds is 7. The summed E-state index contributed by atoms with van der Waals surface area (Å²) in [6.45, 7) is 8.59. The highest BCUT2D eigenvalue weighted by Gasteiger charge is 2.30. The zero-order valence-electron chi connectivity index (χ0n) is 15.0. The second kappa shape index (κ2) is 8.79. The van der Waals surface area contributed by atoms with Gasteiger partial charge < -0.3 is 4.74 Å². The van der Waals surface area contributed by atoms with Crippen LogP contribution in [0, 0.1) is 5.92 Å². The summed E-state index contributed by atoms with van der Waals surface area (Å²) in [5, 5.41) is 0. The Balaban J connectivity index is 1.85. The van der Waals surface area contributed by atoms with E-state index in [0.717, 1.165) is 39.0 Å². The first-order chi connectivity index (χ1) is 10.9. The monoisotopic (exact) mass is 346 g/mol.